The monoisotopic (exact) mass is 328 g/mol. The highest BCUT2D eigenvalue weighted by Crippen LogP contribution is 2.15. The van der Waals surface area contributed by atoms with Crippen LogP contribution in [0.2, 0.25) is 0 Å². The molecule has 0 saturated carbocycles. The van der Waals surface area contributed by atoms with Crippen LogP contribution in [-0.2, 0) is 4.79 Å². The third kappa shape index (κ3) is 5.72. The SMILES string of the molecule is CCC(O)(CC)CNCC(=O)Nc1cccc(Br)c1. The first-order chi connectivity index (χ1) is 8.99. The van der Waals surface area contributed by atoms with Crippen LogP contribution in [0, 0.1) is 0 Å². The molecule has 0 unspecified atom stereocenters. The lowest BCUT2D eigenvalue weighted by molar-refractivity contribution is -0.115. The average molecular weight is 329 g/mol. The quantitative estimate of drug-likeness (QED) is 0.720. The maximum Gasteiger partial charge on any atom is 0.238 e. The molecule has 1 amide bonds. The van der Waals surface area contributed by atoms with Crippen molar-refractivity contribution in [3.05, 3.63) is 28.7 Å². The van der Waals surface area contributed by atoms with Crippen LogP contribution in [0.1, 0.15) is 26.7 Å². The molecule has 3 N–H and O–H groups in total. The van der Waals surface area contributed by atoms with E-state index in [2.05, 4.69) is 26.6 Å². The fraction of sp³-hybridized carbons (Fsp3) is 0.500. The zero-order valence-corrected chi connectivity index (χ0v) is 13.0. The first kappa shape index (κ1) is 16.1. The summed E-state index contributed by atoms with van der Waals surface area (Å²) >= 11 is 3.35. The molecular formula is C14H21BrN2O2. The number of halogens is 1. The minimum atomic E-state index is -0.726. The topological polar surface area (TPSA) is 61.4 Å². The average Bonchev–Trinajstić information content (AvgIpc) is 2.38. The fourth-order valence-corrected chi connectivity index (χ4v) is 2.08. The number of anilines is 1. The molecule has 0 spiro atoms. The number of rotatable bonds is 7. The number of carbonyl (C=O) groups is 1. The number of aliphatic hydroxyl groups is 1. The molecule has 0 saturated heterocycles. The summed E-state index contributed by atoms with van der Waals surface area (Å²) < 4.78 is 0.921. The minimum Gasteiger partial charge on any atom is -0.389 e. The van der Waals surface area contributed by atoms with E-state index in [1.807, 2.05) is 38.1 Å². The number of benzene rings is 1. The molecule has 0 aliphatic heterocycles. The Morgan fingerprint density at radius 2 is 2.05 bits per heavy atom. The van der Waals surface area contributed by atoms with Gasteiger partial charge < -0.3 is 15.7 Å². The number of hydrogen-bond donors (Lipinski definition) is 3. The lowest BCUT2D eigenvalue weighted by Crippen LogP contribution is -2.42. The maximum absolute atomic E-state index is 11.7. The Labute approximate surface area is 122 Å². The number of amides is 1. The Morgan fingerprint density at radius 1 is 1.37 bits per heavy atom. The lowest BCUT2D eigenvalue weighted by Gasteiger charge is -2.25. The molecule has 1 aromatic carbocycles. The normalized spacial score (nSPS) is 11.4. The second-order valence-corrected chi connectivity index (χ2v) is 5.51. The summed E-state index contributed by atoms with van der Waals surface area (Å²) in [5, 5.41) is 15.8. The van der Waals surface area contributed by atoms with Crippen molar-refractivity contribution in [3.8, 4) is 0 Å². The van der Waals surface area contributed by atoms with Crippen molar-refractivity contribution in [2.24, 2.45) is 0 Å². The Kier molecular flexibility index (Phi) is 6.48. The molecule has 0 aliphatic carbocycles. The van der Waals surface area contributed by atoms with E-state index in [9.17, 15) is 9.90 Å². The standard InChI is InChI=1S/C14H21BrN2O2/c1-3-14(19,4-2)10-16-9-13(18)17-12-7-5-6-11(15)8-12/h5-8,16,19H,3-4,9-10H2,1-2H3,(H,17,18). The highest BCUT2D eigenvalue weighted by atomic mass is 79.9. The summed E-state index contributed by atoms with van der Waals surface area (Å²) in [6.07, 6.45) is 1.34. The lowest BCUT2D eigenvalue weighted by atomic mass is 9.98. The molecule has 106 valence electrons. The van der Waals surface area contributed by atoms with Crippen molar-refractivity contribution in [2.45, 2.75) is 32.3 Å². The summed E-state index contributed by atoms with van der Waals surface area (Å²) in [6.45, 7) is 4.49. The first-order valence-electron chi connectivity index (χ1n) is 6.47. The van der Waals surface area contributed by atoms with E-state index in [-0.39, 0.29) is 12.5 Å². The van der Waals surface area contributed by atoms with Crippen LogP contribution in [0.15, 0.2) is 28.7 Å². The van der Waals surface area contributed by atoms with E-state index in [0.717, 1.165) is 10.2 Å². The first-order valence-corrected chi connectivity index (χ1v) is 7.27. The zero-order chi connectivity index (χ0) is 14.3. The third-order valence-electron chi connectivity index (χ3n) is 3.16. The zero-order valence-electron chi connectivity index (χ0n) is 11.4. The number of nitrogens with one attached hydrogen (secondary N) is 2. The third-order valence-corrected chi connectivity index (χ3v) is 3.66. The van der Waals surface area contributed by atoms with Crippen LogP contribution in [0.5, 0.6) is 0 Å². The van der Waals surface area contributed by atoms with Crippen molar-refractivity contribution < 1.29 is 9.90 Å². The van der Waals surface area contributed by atoms with Crippen molar-refractivity contribution >= 4 is 27.5 Å². The van der Waals surface area contributed by atoms with E-state index >= 15 is 0 Å². The molecule has 0 radical (unpaired) electrons. The molecule has 5 heteroatoms. The predicted octanol–water partition coefficient (Wildman–Crippen LogP) is 2.53. The largest absolute Gasteiger partial charge is 0.389 e. The molecule has 19 heavy (non-hydrogen) atoms. The van der Waals surface area contributed by atoms with Gasteiger partial charge in [-0.25, -0.2) is 0 Å². The van der Waals surface area contributed by atoms with Gasteiger partial charge in [-0.3, -0.25) is 4.79 Å². The second kappa shape index (κ2) is 7.62. The van der Waals surface area contributed by atoms with E-state index in [1.165, 1.54) is 0 Å². The maximum atomic E-state index is 11.7. The smallest absolute Gasteiger partial charge is 0.238 e. The number of carbonyl (C=O) groups excluding carboxylic acids is 1. The van der Waals surface area contributed by atoms with Gasteiger partial charge in [-0.1, -0.05) is 35.8 Å². The second-order valence-electron chi connectivity index (χ2n) is 4.59. The van der Waals surface area contributed by atoms with Gasteiger partial charge in [0.2, 0.25) is 5.91 Å². The van der Waals surface area contributed by atoms with Gasteiger partial charge >= 0.3 is 0 Å². The molecule has 1 rings (SSSR count). The molecule has 0 bridgehead atoms. The summed E-state index contributed by atoms with van der Waals surface area (Å²) in [7, 11) is 0. The van der Waals surface area contributed by atoms with Crippen molar-refractivity contribution in [1.29, 1.82) is 0 Å². The van der Waals surface area contributed by atoms with Crippen LogP contribution in [0.3, 0.4) is 0 Å². The summed E-state index contributed by atoms with van der Waals surface area (Å²) in [6, 6.07) is 7.43. The van der Waals surface area contributed by atoms with Gasteiger partial charge in [0.05, 0.1) is 12.1 Å². The van der Waals surface area contributed by atoms with Crippen LogP contribution in [0.25, 0.3) is 0 Å². The van der Waals surface area contributed by atoms with Gasteiger partial charge in [-0.2, -0.15) is 0 Å². The molecule has 4 nitrogen and oxygen atoms in total. The van der Waals surface area contributed by atoms with Crippen molar-refractivity contribution in [2.75, 3.05) is 18.4 Å². The molecule has 1 aromatic rings. The molecule has 0 aliphatic rings. The van der Waals surface area contributed by atoms with Crippen molar-refractivity contribution in [3.63, 3.8) is 0 Å². The van der Waals surface area contributed by atoms with E-state index in [1.54, 1.807) is 0 Å². The van der Waals surface area contributed by atoms with E-state index in [4.69, 9.17) is 0 Å². The predicted molar refractivity (Wildman–Crippen MR) is 81.2 cm³/mol. The number of hydrogen-bond acceptors (Lipinski definition) is 3. The summed E-state index contributed by atoms with van der Waals surface area (Å²) in [5.41, 5.74) is 0.0261. The highest BCUT2D eigenvalue weighted by molar-refractivity contribution is 9.10. The summed E-state index contributed by atoms with van der Waals surface area (Å²) in [5.74, 6) is -0.118. The molecule has 0 fully saturated rings. The van der Waals surface area contributed by atoms with Gasteiger partial charge in [0.15, 0.2) is 0 Å². The minimum absolute atomic E-state index is 0.118. The molecule has 0 atom stereocenters. The fourth-order valence-electron chi connectivity index (χ4n) is 1.68. The van der Waals surface area contributed by atoms with Crippen LogP contribution in [-0.4, -0.2) is 29.7 Å². The Balaban J connectivity index is 2.36. The van der Waals surface area contributed by atoms with Gasteiger partial charge in [0.1, 0.15) is 0 Å². The summed E-state index contributed by atoms with van der Waals surface area (Å²) in [4.78, 5) is 11.7. The van der Waals surface area contributed by atoms with Crippen LogP contribution < -0.4 is 10.6 Å². The van der Waals surface area contributed by atoms with Crippen LogP contribution in [0.4, 0.5) is 5.69 Å². The highest BCUT2D eigenvalue weighted by Gasteiger charge is 2.21. The Hall–Kier alpha value is -0.910. The molecular weight excluding hydrogens is 308 g/mol. The molecule has 0 heterocycles. The van der Waals surface area contributed by atoms with Gasteiger partial charge in [-0.15, -0.1) is 0 Å². The van der Waals surface area contributed by atoms with Gasteiger partial charge in [-0.05, 0) is 31.0 Å². The van der Waals surface area contributed by atoms with Crippen molar-refractivity contribution in [1.82, 2.24) is 5.32 Å². The van der Waals surface area contributed by atoms with E-state index in [0.29, 0.717) is 19.4 Å². The molecule has 0 aromatic heterocycles. The Morgan fingerprint density at radius 3 is 2.63 bits per heavy atom. The van der Waals surface area contributed by atoms with E-state index < -0.39 is 5.60 Å². The van der Waals surface area contributed by atoms with Crippen LogP contribution >= 0.6 is 15.9 Å². The van der Waals surface area contributed by atoms with Gasteiger partial charge in [0.25, 0.3) is 0 Å². The van der Waals surface area contributed by atoms with Gasteiger partial charge in [0, 0.05) is 16.7 Å². The Bertz CT molecular complexity index is 420.